The van der Waals surface area contributed by atoms with E-state index in [-0.39, 0.29) is 6.61 Å². The number of benzene rings is 1. The van der Waals surface area contributed by atoms with E-state index in [0.29, 0.717) is 12.4 Å². The summed E-state index contributed by atoms with van der Waals surface area (Å²) in [5, 5.41) is 8.65. The van der Waals surface area contributed by atoms with Gasteiger partial charge in [0.25, 0.3) is 0 Å². The van der Waals surface area contributed by atoms with Gasteiger partial charge in [0.1, 0.15) is 0 Å². The molecule has 1 N–H and O–H groups in total. The van der Waals surface area contributed by atoms with E-state index in [1.165, 1.54) is 0 Å². The Bertz CT molecular complexity index is 332. The second-order valence-corrected chi connectivity index (χ2v) is 2.93. The van der Waals surface area contributed by atoms with E-state index >= 15 is 0 Å². The van der Waals surface area contributed by atoms with Crippen LogP contribution in [0, 0.1) is 0 Å². The van der Waals surface area contributed by atoms with Gasteiger partial charge >= 0.3 is 0 Å². The highest BCUT2D eigenvalue weighted by molar-refractivity contribution is 5.55. The summed E-state index contributed by atoms with van der Waals surface area (Å²) in [6.07, 6.45) is 3.51. The lowest BCUT2D eigenvalue weighted by Gasteiger charge is -2.09. The molecule has 0 spiro atoms. The summed E-state index contributed by atoms with van der Waals surface area (Å²) in [5.74, 6) is 1.44. The van der Waals surface area contributed by atoms with Gasteiger partial charge in [-0.15, -0.1) is 0 Å². The molecule has 3 heteroatoms. The molecule has 0 aliphatic rings. The molecule has 1 rings (SSSR count). The van der Waals surface area contributed by atoms with Crippen molar-refractivity contribution in [2.75, 3.05) is 20.3 Å². The highest BCUT2D eigenvalue weighted by Crippen LogP contribution is 2.28. The molecule has 82 valence electrons. The molecule has 0 saturated carbocycles. The van der Waals surface area contributed by atoms with Gasteiger partial charge in [0.15, 0.2) is 11.5 Å². The van der Waals surface area contributed by atoms with Gasteiger partial charge < -0.3 is 14.6 Å². The number of aliphatic hydroxyl groups is 1. The Hall–Kier alpha value is -1.48. The highest BCUT2D eigenvalue weighted by atomic mass is 16.5. The number of ether oxygens (including phenoxy) is 2. The Kier molecular flexibility index (Phi) is 4.71. The van der Waals surface area contributed by atoms with E-state index in [4.69, 9.17) is 14.6 Å². The lowest BCUT2D eigenvalue weighted by atomic mass is 10.2. The van der Waals surface area contributed by atoms with Crippen molar-refractivity contribution in [1.29, 1.82) is 0 Å². The zero-order chi connectivity index (χ0) is 11.1. The molecule has 15 heavy (non-hydrogen) atoms. The van der Waals surface area contributed by atoms with E-state index in [1.54, 1.807) is 13.2 Å². The molecule has 0 amide bonds. The molecule has 0 fully saturated rings. The van der Waals surface area contributed by atoms with E-state index in [9.17, 15) is 0 Å². The van der Waals surface area contributed by atoms with Crippen LogP contribution in [0.25, 0.3) is 6.08 Å². The molecule has 0 aliphatic heterocycles. The average Bonchev–Trinajstić information content (AvgIpc) is 2.28. The van der Waals surface area contributed by atoms with Gasteiger partial charge in [-0.2, -0.15) is 0 Å². The fourth-order valence-corrected chi connectivity index (χ4v) is 1.25. The maximum absolute atomic E-state index is 8.65. The Labute approximate surface area is 90.0 Å². The van der Waals surface area contributed by atoms with E-state index < -0.39 is 0 Å². The van der Waals surface area contributed by atoms with Crippen LogP contribution in [0.2, 0.25) is 0 Å². The molecular formula is C12H16O3. The Morgan fingerprint density at radius 2 is 2.13 bits per heavy atom. The zero-order valence-corrected chi connectivity index (χ0v) is 9.06. The zero-order valence-electron chi connectivity index (χ0n) is 9.06. The summed E-state index contributed by atoms with van der Waals surface area (Å²) >= 11 is 0. The van der Waals surface area contributed by atoms with Gasteiger partial charge in [0.2, 0.25) is 0 Å². The van der Waals surface area contributed by atoms with Crippen LogP contribution in [0.3, 0.4) is 0 Å². The minimum absolute atomic E-state index is 0.0372. The lowest BCUT2D eigenvalue weighted by Crippen LogP contribution is -1.95. The molecule has 3 nitrogen and oxygen atoms in total. The Morgan fingerprint density at radius 1 is 1.33 bits per heavy atom. The molecule has 0 bridgehead atoms. The molecular weight excluding hydrogens is 192 g/mol. The fourth-order valence-electron chi connectivity index (χ4n) is 1.25. The molecule has 0 atom stereocenters. The van der Waals surface area contributed by atoms with Crippen molar-refractivity contribution >= 4 is 6.08 Å². The maximum Gasteiger partial charge on any atom is 0.161 e. The van der Waals surface area contributed by atoms with Crippen LogP contribution in [-0.4, -0.2) is 25.4 Å². The molecule has 0 heterocycles. The normalized spacial score (nSPS) is 10.6. The fraction of sp³-hybridized carbons (Fsp3) is 0.333. The maximum atomic E-state index is 8.65. The SMILES string of the molecule is CCOc1ccc(/C=C/CO)cc1OC. The largest absolute Gasteiger partial charge is 0.493 e. The van der Waals surface area contributed by atoms with Crippen molar-refractivity contribution in [3.63, 3.8) is 0 Å². The van der Waals surface area contributed by atoms with Gasteiger partial charge in [-0.3, -0.25) is 0 Å². The first-order valence-electron chi connectivity index (χ1n) is 4.90. The van der Waals surface area contributed by atoms with Crippen LogP contribution >= 0.6 is 0 Å². The van der Waals surface area contributed by atoms with Crippen LogP contribution in [0.15, 0.2) is 24.3 Å². The number of methoxy groups -OCH3 is 1. The summed E-state index contributed by atoms with van der Waals surface area (Å²) in [4.78, 5) is 0. The van der Waals surface area contributed by atoms with Crippen LogP contribution in [0.1, 0.15) is 12.5 Å². The van der Waals surface area contributed by atoms with Crippen LogP contribution in [0.5, 0.6) is 11.5 Å². The van der Waals surface area contributed by atoms with Crippen LogP contribution in [-0.2, 0) is 0 Å². The third kappa shape index (κ3) is 3.29. The monoisotopic (exact) mass is 208 g/mol. The van der Waals surface area contributed by atoms with E-state index in [2.05, 4.69) is 0 Å². The number of hydrogen-bond donors (Lipinski definition) is 1. The van der Waals surface area contributed by atoms with E-state index in [0.717, 1.165) is 11.3 Å². The summed E-state index contributed by atoms with van der Waals surface area (Å²) in [7, 11) is 1.61. The van der Waals surface area contributed by atoms with Gasteiger partial charge in [-0.05, 0) is 24.6 Å². The first kappa shape index (κ1) is 11.6. The van der Waals surface area contributed by atoms with Crippen molar-refractivity contribution in [2.24, 2.45) is 0 Å². The summed E-state index contributed by atoms with van der Waals surface area (Å²) < 4.78 is 10.6. The van der Waals surface area contributed by atoms with Crippen molar-refractivity contribution in [1.82, 2.24) is 0 Å². The number of aliphatic hydroxyl groups excluding tert-OH is 1. The molecule has 1 aromatic rings. The molecule has 0 aliphatic carbocycles. The molecule has 0 unspecified atom stereocenters. The van der Waals surface area contributed by atoms with Crippen molar-refractivity contribution < 1.29 is 14.6 Å². The predicted molar refractivity (Wildman–Crippen MR) is 60.3 cm³/mol. The van der Waals surface area contributed by atoms with Gasteiger partial charge in [0, 0.05) is 0 Å². The summed E-state index contributed by atoms with van der Waals surface area (Å²) in [6, 6.07) is 5.65. The Morgan fingerprint density at radius 3 is 2.73 bits per heavy atom. The smallest absolute Gasteiger partial charge is 0.161 e. The van der Waals surface area contributed by atoms with Crippen molar-refractivity contribution in [2.45, 2.75) is 6.92 Å². The van der Waals surface area contributed by atoms with Crippen LogP contribution in [0.4, 0.5) is 0 Å². The third-order valence-electron chi connectivity index (χ3n) is 1.90. The standard InChI is InChI=1S/C12H16O3/c1-3-15-11-7-6-10(5-4-8-13)9-12(11)14-2/h4-7,9,13H,3,8H2,1-2H3/b5-4+. The number of rotatable bonds is 5. The summed E-state index contributed by atoms with van der Waals surface area (Å²) in [6.45, 7) is 2.58. The molecule has 0 aromatic heterocycles. The number of hydrogen-bond acceptors (Lipinski definition) is 3. The third-order valence-corrected chi connectivity index (χ3v) is 1.90. The molecule has 0 saturated heterocycles. The van der Waals surface area contributed by atoms with Gasteiger partial charge in [-0.1, -0.05) is 18.2 Å². The quantitative estimate of drug-likeness (QED) is 0.805. The van der Waals surface area contributed by atoms with Crippen molar-refractivity contribution in [3.05, 3.63) is 29.8 Å². The minimum atomic E-state index is 0.0372. The second kappa shape index (κ2) is 6.09. The van der Waals surface area contributed by atoms with Gasteiger partial charge in [0.05, 0.1) is 20.3 Å². The Balaban J connectivity index is 2.91. The van der Waals surface area contributed by atoms with Crippen molar-refractivity contribution in [3.8, 4) is 11.5 Å². The first-order valence-corrected chi connectivity index (χ1v) is 4.90. The van der Waals surface area contributed by atoms with Gasteiger partial charge in [-0.25, -0.2) is 0 Å². The molecule has 0 radical (unpaired) electrons. The molecule has 1 aromatic carbocycles. The minimum Gasteiger partial charge on any atom is -0.493 e. The van der Waals surface area contributed by atoms with Crippen LogP contribution < -0.4 is 9.47 Å². The summed E-state index contributed by atoms with van der Waals surface area (Å²) in [5.41, 5.74) is 0.976. The van der Waals surface area contributed by atoms with E-state index in [1.807, 2.05) is 31.2 Å². The predicted octanol–water partition coefficient (Wildman–Crippen LogP) is 2.10. The highest BCUT2D eigenvalue weighted by Gasteiger charge is 2.03. The first-order chi connectivity index (χ1) is 7.31. The second-order valence-electron chi connectivity index (χ2n) is 2.93. The topological polar surface area (TPSA) is 38.7 Å². The lowest BCUT2D eigenvalue weighted by molar-refractivity contribution is 0.311. The average molecular weight is 208 g/mol.